The van der Waals surface area contributed by atoms with Crippen LogP contribution in [0, 0.1) is 0 Å². The van der Waals surface area contributed by atoms with Crippen LogP contribution >= 0.6 is 0 Å². The molecule has 1 atom stereocenters. The lowest BCUT2D eigenvalue weighted by molar-refractivity contribution is 0.785. The molecule has 0 aromatic heterocycles. The first kappa shape index (κ1) is 41.7. The van der Waals surface area contributed by atoms with Crippen LogP contribution in [0.1, 0.15) is 12.0 Å². The molecule has 66 heavy (non-hydrogen) atoms. The largest absolute Gasteiger partial charge is 0.341 e. The fourth-order valence-corrected chi connectivity index (χ4v) is 9.71. The summed E-state index contributed by atoms with van der Waals surface area (Å²) < 4.78 is 0. The van der Waals surface area contributed by atoms with Gasteiger partial charge in [0, 0.05) is 19.8 Å². The van der Waals surface area contributed by atoms with Gasteiger partial charge in [-0.15, -0.1) is 0 Å². The molecule has 0 amide bonds. The van der Waals surface area contributed by atoms with Crippen LogP contribution in [0.4, 0.5) is 51.2 Å². The Labute approximate surface area is 389 Å². The van der Waals surface area contributed by atoms with Gasteiger partial charge in [-0.3, -0.25) is 0 Å². The molecule has 7 aromatic rings. The Hall–Kier alpha value is -8.34. The molecular weight excluding hydrogens is 801 g/mol. The van der Waals surface area contributed by atoms with Crippen molar-refractivity contribution in [3.8, 4) is 0 Å². The molecule has 1 unspecified atom stereocenters. The van der Waals surface area contributed by atoms with Gasteiger partial charge in [0.05, 0.1) is 51.5 Å². The number of rotatable bonds is 9. The molecule has 7 aromatic carbocycles. The molecule has 4 nitrogen and oxygen atoms in total. The summed E-state index contributed by atoms with van der Waals surface area (Å²) >= 11 is 0. The third-order valence-electron chi connectivity index (χ3n) is 13.1. The first-order chi connectivity index (χ1) is 32.3. The van der Waals surface area contributed by atoms with Crippen LogP contribution in [-0.4, -0.2) is 20.1 Å². The lowest BCUT2D eigenvalue weighted by atomic mass is 9.91. The molecule has 10 rings (SSSR count). The Morgan fingerprint density at radius 2 is 1.09 bits per heavy atom. The molecule has 320 valence electrons. The maximum atomic E-state index is 4.80. The highest BCUT2D eigenvalue weighted by atomic mass is 15.3. The van der Waals surface area contributed by atoms with E-state index in [0.717, 1.165) is 90.1 Å². The zero-order valence-electron chi connectivity index (χ0n) is 37.6. The minimum atomic E-state index is -0.0456. The number of nitrogens with zero attached hydrogens (tertiary/aromatic N) is 4. The highest BCUT2D eigenvalue weighted by Crippen LogP contribution is 2.51. The van der Waals surface area contributed by atoms with Crippen LogP contribution in [0.3, 0.4) is 0 Å². The lowest BCUT2D eigenvalue weighted by Gasteiger charge is -2.41. The van der Waals surface area contributed by atoms with E-state index in [1.165, 1.54) is 22.1 Å². The van der Waals surface area contributed by atoms with Gasteiger partial charge < -0.3 is 19.6 Å². The van der Waals surface area contributed by atoms with Gasteiger partial charge in [-0.05, 0) is 122 Å². The smallest absolute Gasteiger partial charge is 0.0699 e. The number of fused-ring (bicyclic) bond motifs is 6. The fraction of sp³-hybridized carbons (Fsp3) is 0.0645. The fourth-order valence-electron chi connectivity index (χ4n) is 9.71. The van der Waals surface area contributed by atoms with Crippen LogP contribution < -0.4 is 30.0 Å². The number of hydrogen-bond acceptors (Lipinski definition) is 4. The standard InChI is InChI=1S/C62H52N4/c1-7-8-21-43(2)44(3)36-37-45(4)49-40-38-47(65-59-32-15-11-28-55(59)63(5)56-29-12-16-33-60(56)65)24-20-27-52(51-26-19-23-46-22-9-10-25-50(46)51)54-42-48(39-41-53(49)54)66-61-34-17-13-30-57(61)64(6)58-31-14-18-35-62(58)66/h7-23,25-42,47H,1-4,24H2,5-6H3/b21-8-,27-20+,37-36-,40-38+,53-49+,54-52+. The topological polar surface area (TPSA) is 13.0 Å². The number of hydrogen-bond donors (Lipinski definition) is 0. The third-order valence-corrected chi connectivity index (χ3v) is 13.1. The SMILES string of the molecule is C=C/C=C\C(=C)C(=C)/C=C\C(=C)C1=c2\ccc(N3c4ccccc4N(C)c4ccccc43)c\c2=C(c2cccc3ccccc23)\C=C\CC(N2c3ccccc3N(C)c3ccccc32)\C=C\1. The number of benzene rings is 7. The lowest BCUT2D eigenvalue weighted by Crippen LogP contribution is -2.35. The van der Waals surface area contributed by atoms with Crippen LogP contribution in [0.5, 0.6) is 0 Å². The van der Waals surface area contributed by atoms with E-state index in [1.54, 1.807) is 6.08 Å². The normalized spacial score (nSPS) is 17.9. The van der Waals surface area contributed by atoms with Crippen molar-refractivity contribution >= 4 is 73.1 Å². The average Bonchev–Trinajstić information content (AvgIpc) is 3.36. The summed E-state index contributed by atoms with van der Waals surface area (Å²) in [4.78, 5) is 9.50. The third kappa shape index (κ3) is 7.42. The van der Waals surface area contributed by atoms with Crippen molar-refractivity contribution < 1.29 is 0 Å². The van der Waals surface area contributed by atoms with E-state index >= 15 is 0 Å². The Balaban J connectivity index is 1.26. The predicted molar refractivity (Wildman–Crippen MR) is 284 cm³/mol. The van der Waals surface area contributed by atoms with Crippen LogP contribution in [0.2, 0.25) is 0 Å². The van der Waals surface area contributed by atoms with Crippen molar-refractivity contribution in [2.24, 2.45) is 0 Å². The summed E-state index contributed by atoms with van der Waals surface area (Å²) in [5.41, 5.74) is 16.0. The molecule has 2 heterocycles. The summed E-state index contributed by atoms with van der Waals surface area (Å²) in [5, 5.41) is 4.56. The zero-order valence-corrected chi connectivity index (χ0v) is 37.6. The Bertz CT molecular complexity index is 3280. The Morgan fingerprint density at radius 3 is 1.73 bits per heavy atom. The molecule has 0 saturated carbocycles. The summed E-state index contributed by atoms with van der Waals surface area (Å²) in [6.07, 6.45) is 19.8. The molecule has 1 aliphatic carbocycles. The second kappa shape index (κ2) is 17.7. The van der Waals surface area contributed by atoms with Crippen molar-refractivity contribution in [2.45, 2.75) is 12.5 Å². The highest BCUT2D eigenvalue weighted by Gasteiger charge is 2.31. The van der Waals surface area contributed by atoms with E-state index in [-0.39, 0.29) is 6.04 Å². The van der Waals surface area contributed by atoms with E-state index in [2.05, 4.69) is 242 Å². The molecule has 4 heteroatoms. The van der Waals surface area contributed by atoms with Crippen molar-refractivity contribution in [1.82, 2.24) is 0 Å². The maximum absolute atomic E-state index is 4.80. The van der Waals surface area contributed by atoms with Crippen LogP contribution in [0.25, 0.3) is 21.9 Å². The van der Waals surface area contributed by atoms with Gasteiger partial charge in [0.2, 0.25) is 0 Å². The molecular formula is C62H52N4. The quantitative estimate of drug-likeness (QED) is 0.134. The van der Waals surface area contributed by atoms with E-state index in [0.29, 0.717) is 0 Å². The van der Waals surface area contributed by atoms with E-state index < -0.39 is 0 Å². The molecule has 0 saturated heterocycles. The van der Waals surface area contributed by atoms with E-state index in [1.807, 2.05) is 18.2 Å². The van der Waals surface area contributed by atoms with Gasteiger partial charge in [0.15, 0.2) is 0 Å². The zero-order chi connectivity index (χ0) is 45.3. The maximum Gasteiger partial charge on any atom is 0.0699 e. The van der Waals surface area contributed by atoms with E-state index in [4.69, 9.17) is 6.58 Å². The van der Waals surface area contributed by atoms with Crippen molar-refractivity contribution in [1.29, 1.82) is 0 Å². The van der Waals surface area contributed by atoms with Gasteiger partial charge in [-0.25, -0.2) is 0 Å². The van der Waals surface area contributed by atoms with E-state index in [9.17, 15) is 0 Å². The number of allylic oxidation sites excluding steroid dienone is 10. The molecule has 3 aliphatic rings. The predicted octanol–water partition coefficient (Wildman–Crippen LogP) is 14.5. The van der Waals surface area contributed by atoms with Crippen LogP contribution in [0.15, 0.2) is 255 Å². The molecule has 0 N–H and O–H groups in total. The minimum absolute atomic E-state index is 0.0456. The van der Waals surface area contributed by atoms with Crippen molar-refractivity contribution in [2.75, 3.05) is 33.7 Å². The summed E-state index contributed by atoms with van der Waals surface area (Å²) in [5.74, 6) is 0. The van der Waals surface area contributed by atoms with Gasteiger partial charge in [-0.1, -0.05) is 178 Å². The molecule has 0 spiro atoms. The van der Waals surface area contributed by atoms with Crippen LogP contribution in [-0.2, 0) is 0 Å². The Kier molecular flexibility index (Phi) is 11.2. The highest BCUT2D eigenvalue weighted by molar-refractivity contribution is 6.00. The second-order valence-electron chi connectivity index (χ2n) is 16.9. The first-order valence-corrected chi connectivity index (χ1v) is 22.5. The number of anilines is 9. The van der Waals surface area contributed by atoms with Crippen molar-refractivity contribution in [3.05, 3.63) is 271 Å². The molecule has 2 aliphatic heterocycles. The van der Waals surface area contributed by atoms with Gasteiger partial charge in [0.25, 0.3) is 0 Å². The summed E-state index contributed by atoms with van der Waals surface area (Å²) in [7, 11) is 4.31. The minimum Gasteiger partial charge on any atom is -0.341 e. The monoisotopic (exact) mass is 852 g/mol. The number of para-hydroxylation sites is 8. The first-order valence-electron chi connectivity index (χ1n) is 22.5. The van der Waals surface area contributed by atoms with Gasteiger partial charge >= 0.3 is 0 Å². The second-order valence-corrected chi connectivity index (χ2v) is 16.9. The molecule has 0 radical (unpaired) electrons. The molecule has 0 fully saturated rings. The summed E-state index contributed by atoms with van der Waals surface area (Å²) in [6, 6.07) is 57.0. The average molecular weight is 853 g/mol. The van der Waals surface area contributed by atoms with Gasteiger partial charge in [-0.2, -0.15) is 0 Å². The molecule has 0 bridgehead atoms. The summed E-state index contributed by atoms with van der Waals surface area (Å²) in [6.45, 7) is 17.3. The van der Waals surface area contributed by atoms with Gasteiger partial charge in [0.1, 0.15) is 0 Å². The van der Waals surface area contributed by atoms with Crippen molar-refractivity contribution in [3.63, 3.8) is 0 Å². The Morgan fingerprint density at radius 1 is 0.545 bits per heavy atom.